The smallest absolute Gasteiger partial charge is 0.306 e. The van der Waals surface area contributed by atoms with Crippen LogP contribution in [0.4, 0.5) is 0 Å². The number of allylic oxidation sites excluding steroid dienone is 3. The van der Waals surface area contributed by atoms with E-state index in [4.69, 9.17) is 13.9 Å². The molecule has 2 heterocycles. The van der Waals surface area contributed by atoms with Crippen LogP contribution in [-0.4, -0.2) is 45.0 Å². The van der Waals surface area contributed by atoms with E-state index in [1.165, 1.54) is 5.57 Å². The normalized spacial score (nSPS) is 25.3. The fourth-order valence-electron chi connectivity index (χ4n) is 6.57. The lowest BCUT2D eigenvalue weighted by atomic mass is 9.95. The van der Waals surface area contributed by atoms with E-state index >= 15 is 0 Å². The van der Waals surface area contributed by atoms with Crippen molar-refractivity contribution in [3.05, 3.63) is 47.1 Å². The molecule has 2 rings (SSSR count). The summed E-state index contributed by atoms with van der Waals surface area (Å²) in [7, 11) is -1.89. The summed E-state index contributed by atoms with van der Waals surface area (Å²) in [4.78, 5) is 24.2. The molecule has 0 saturated carbocycles. The molecule has 6 heteroatoms. The van der Waals surface area contributed by atoms with Crippen molar-refractivity contribution >= 4 is 20.1 Å². The van der Waals surface area contributed by atoms with Crippen molar-refractivity contribution in [2.24, 2.45) is 5.92 Å². The fraction of sp³-hybridized carbons (Fsp3) is 0.697. The predicted octanol–water partition coefficient (Wildman–Crippen LogP) is 8.42. The second-order valence-electron chi connectivity index (χ2n) is 12.7. The van der Waals surface area contributed by atoms with Gasteiger partial charge in [-0.05, 0) is 84.9 Å². The van der Waals surface area contributed by atoms with Gasteiger partial charge in [-0.3, -0.25) is 9.59 Å². The maximum absolute atomic E-state index is 12.8. The van der Waals surface area contributed by atoms with Crippen LogP contribution in [0.2, 0.25) is 16.6 Å². The van der Waals surface area contributed by atoms with Crippen molar-refractivity contribution in [2.75, 3.05) is 6.61 Å². The molecule has 0 bridgehead atoms. The summed E-state index contributed by atoms with van der Waals surface area (Å²) in [6, 6.07) is 0. The number of carbonyl (C=O) groups is 2. The monoisotopic (exact) mass is 558 g/mol. The van der Waals surface area contributed by atoms with Crippen molar-refractivity contribution in [1.82, 2.24) is 0 Å². The average Bonchev–Trinajstić information content (AvgIpc) is 3.47. The zero-order valence-corrected chi connectivity index (χ0v) is 27.3. The predicted molar refractivity (Wildman–Crippen MR) is 163 cm³/mol. The average molecular weight is 559 g/mol. The molecule has 0 aromatic rings. The number of hydrogen-bond donors (Lipinski definition) is 0. The molecule has 0 N–H and O–H groups in total. The van der Waals surface area contributed by atoms with Gasteiger partial charge in [-0.25, -0.2) is 0 Å². The molecule has 0 aliphatic carbocycles. The number of ether oxygens (including phenoxy) is 2. The molecule has 2 fully saturated rings. The zero-order chi connectivity index (χ0) is 29.5. The second kappa shape index (κ2) is 14.7. The molecule has 2 aliphatic rings. The van der Waals surface area contributed by atoms with Crippen molar-refractivity contribution in [2.45, 2.75) is 136 Å². The lowest BCUT2D eigenvalue weighted by Crippen LogP contribution is -2.47. The number of rotatable bonds is 14. The highest BCUT2D eigenvalue weighted by Gasteiger charge is 2.44. The van der Waals surface area contributed by atoms with E-state index in [1.807, 2.05) is 26.0 Å². The Morgan fingerprint density at radius 2 is 1.64 bits per heavy atom. The largest absolute Gasteiger partial charge is 0.457 e. The second-order valence-corrected chi connectivity index (χ2v) is 18.1. The van der Waals surface area contributed by atoms with Gasteiger partial charge in [-0.2, -0.15) is 0 Å². The first-order chi connectivity index (χ1) is 18.2. The van der Waals surface area contributed by atoms with Crippen molar-refractivity contribution in [1.29, 1.82) is 0 Å². The van der Waals surface area contributed by atoms with Gasteiger partial charge in [0.25, 0.3) is 0 Å². The van der Waals surface area contributed by atoms with Gasteiger partial charge in [-0.15, -0.1) is 0 Å². The lowest BCUT2D eigenvalue weighted by Gasteiger charge is -2.42. The van der Waals surface area contributed by atoms with Crippen LogP contribution in [0, 0.1) is 5.92 Å². The zero-order valence-electron chi connectivity index (χ0n) is 26.3. The van der Waals surface area contributed by atoms with Gasteiger partial charge in [0.05, 0.1) is 18.8 Å². The standard InChI is InChI=1S/C33H54O5Si/c1-21(2)39(22(3)4,23(5)6)36-19-18-26(9)33-27(10)20-29(37-33)14-15-30(34)25(8)13-12-24(7)28(11)31-16-17-32(35)38-31/h12-13,18,21-23,27,29,31,33H,11,14-17,19-20H2,1-10H3/b24-12+,25-13+,26-18+/t27-,29-,31+,33+/m1/s1. The molecule has 0 radical (unpaired) electrons. The van der Waals surface area contributed by atoms with Gasteiger partial charge in [0, 0.05) is 12.8 Å². The summed E-state index contributed by atoms with van der Waals surface area (Å²) in [6.07, 6.45) is 9.18. The summed E-state index contributed by atoms with van der Waals surface area (Å²) in [5.74, 6) is 0.379. The van der Waals surface area contributed by atoms with Crippen LogP contribution in [0.25, 0.3) is 0 Å². The van der Waals surface area contributed by atoms with Gasteiger partial charge >= 0.3 is 5.97 Å². The van der Waals surface area contributed by atoms with E-state index in [1.54, 1.807) is 0 Å². The Kier molecular flexibility index (Phi) is 12.6. The molecule has 0 aromatic heterocycles. The number of esters is 1. The molecule has 4 atom stereocenters. The first kappa shape index (κ1) is 33.4. The van der Waals surface area contributed by atoms with E-state index in [9.17, 15) is 9.59 Å². The first-order valence-electron chi connectivity index (χ1n) is 14.9. The van der Waals surface area contributed by atoms with Crippen LogP contribution in [0.5, 0.6) is 0 Å². The molecule has 0 aromatic carbocycles. The van der Waals surface area contributed by atoms with E-state index in [-0.39, 0.29) is 30.1 Å². The van der Waals surface area contributed by atoms with Gasteiger partial charge < -0.3 is 13.9 Å². The molecule has 0 unspecified atom stereocenters. The number of ketones is 1. The highest BCUT2D eigenvalue weighted by Crippen LogP contribution is 2.42. The summed E-state index contributed by atoms with van der Waals surface area (Å²) in [6.45, 7) is 26.8. The Morgan fingerprint density at radius 1 is 1.05 bits per heavy atom. The minimum atomic E-state index is -1.89. The lowest BCUT2D eigenvalue weighted by molar-refractivity contribution is -0.140. The van der Waals surface area contributed by atoms with Crippen LogP contribution < -0.4 is 0 Å². The third-order valence-electron chi connectivity index (χ3n) is 8.88. The molecule has 2 saturated heterocycles. The number of carbonyl (C=O) groups excluding carboxylic acids is 2. The van der Waals surface area contributed by atoms with Crippen molar-refractivity contribution in [3.63, 3.8) is 0 Å². The van der Waals surface area contributed by atoms with Gasteiger partial charge in [0.2, 0.25) is 8.32 Å². The first-order valence-corrected chi connectivity index (χ1v) is 17.1. The Hall–Kier alpha value is -1.76. The number of cyclic esters (lactones) is 1. The Labute approximate surface area is 239 Å². The van der Waals surface area contributed by atoms with Crippen LogP contribution in [0.1, 0.15) is 101 Å². The van der Waals surface area contributed by atoms with Crippen LogP contribution in [0.3, 0.4) is 0 Å². The third kappa shape index (κ3) is 8.61. The highest BCUT2D eigenvalue weighted by molar-refractivity contribution is 6.77. The third-order valence-corrected chi connectivity index (χ3v) is 15.0. The van der Waals surface area contributed by atoms with E-state index in [0.717, 1.165) is 29.6 Å². The minimum absolute atomic E-state index is 0.0832. The van der Waals surface area contributed by atoms with Crippen molar-refractivity contribution < 1.29 is 23.5 Å². The molecule has 5 nitrogen and oxygen atoms in total. The highest BCUT2D eigenvalue weighted by atomic mass is 28.4. The summed E-state index contributed by atoms with van der Waals surface area (Å²) in [5.41, 5.74) is 5.39. The number of Topliss-reactive ketones (excluding diaryl/α,β-unsaturated/α-hetero) is 1. The maximum atomic E-state index is 12.8. The van der Waals surface area contributed by atoms with Crippen molar-refractivity contribution in [3.8, 4) is 0 Å². The van der Waals surface area contributed by atoms with Gasteiger partial charge in [0.1, 0.15) is 6.10 Å². The van der Waals surface area contributed by atoms with E-state index in [0.29, 0.717) is 48.4 Å². The maximum Gasteiger partial charge on any atom is 0.306 e. The minimum Gasteiger partial charge on any atom is -0.457 e. The summed E-state index contributed by atoms with van der Waals surface area (Å²) >= 11 is 0. The molecule has 2 aliphatic heterocycles. The summed E-state index contributed by atoms with van der Waals surface area (Å²) in [5, 5.41) is 0. The molecule has 0 spiro atoms. The molecular weight excluding hydrogens is 504 g/mol. The Bertz CT molecular complexity index is 949. The van der Waals surface area contributed by atoms with Gasteiger partial charge in [-0.1, -0.05) is 73.3 Å². The Morgan fingerprint density at radius 3 is 2.18 bits per heavy atom. The SMILES string of the molecule is C=C(/C(C)=C/C=C(\C)C(=O)CC[C@@H]1C[C@@H](C)[C@H](/C(C)=C/CO[Si](C(C)C)(C(C)C)C(C)C)O1)[C@@H]1CCC(=O)O1. The van der Waals surface area contributed by atoms with Gasteiger partial charge in [0.15, 0.2) is 5.78 Å². The number of hydrogen-bond acceptors (Lipinski definition) is 5. The summed E-state index contributed by atoms with van der Waals surface area (Å²) < 4.78 is 18.5. The molecule has 0 amide bonds. The van der Waals surface area contributed by atoms with Crippen LogP contribution in [0.15, 0.2) is 47.1 Å². The molecular formula is C33H54O5Si. The van der Waals surface area contributed by atoms with E-state index in [2.05, 4.69) is 68.0 Å². The fourth-order valence-corrected chi connectivity index (χ4v) is 11.9. The quantitative estimate of drug-likeness (QED) is 0.0704. The molecule has 220 valence electrons. The molecule has 39 heavy (non-hydrogen) atoms. The van der Waals surface area contributed by atoms with E-state index < -0.39 is 8.32 Å². The van der Waals surface area contributed by atoms with Crippen LogP contribution in [-0.2, 0) is 23.5 Å². The van der Waals surface area contributed by atoms with Crippen LogP contribution >= 0.6 is 0 Å². The Balaban J connectivity index is 1.89. The topological polar surface area (TPSA) is 61.8 Å².